The summed E-state index contributed by atoms with van der Waals surface area (Å²) >= 11 is 4.73. The van der Waals surface area contributed by atoms with Gasteiger partial charge in [-0.1, -0.05) is 11.6 Å². The summed E-state index contributed by atoms with van der Waals surface area (Å²) < 4.78 is 30.4. The molecule has 0 amide bonds. The number of hydrogen-bond acceptors (Lipinski definition) is 2. The number of furan rings is 1. The highest BCUT2D eigenvalue weighted by Gasteiger charge is 2.39. The molecule has 5 heteroatoms. The first kappa shape index (κ1) is 11.4. The highest BCUT2D eigenvalue weighted by Crippen LogP contribution is 2.37. The standard InChI is InChI=1S/C11H9ClF2O2/c1-6-2-3-8-7(4-6)5-9(16-8)10(15)11(12,13)14/h2-5,10,15H,1H3. The van der Waals surface area contributed by atoms with E-state index in [1.807, 2.05) is 6.92 Å². The molecule has 1 aromatic heterocycles. The van der Waals surface area contributed by atoms with Gasteiger partial charge in [-0.05, 0) is 36.7 Å². The van der Waals surface area contributed by atoms with Gasteiger partial charge in [-0.15, -0.1) is 0 Å². The van der Waals surface area contributed by atoms with E-state index in [1.165, 1.54) is 6.07 Å². The van der Waals surface area contributed by atoms with Crippen LogP contribution in [0.2, 0.25) is 0 Å². The molecule has 0 radical (unpaired) electrons. The SMILES string of the molecule is Cc1ccc2oc(C(O)C(F)(F)Cl)cc2c1. The van der Waals surface area contributed by atoms with Crippen LogP contribution in [0.3, 0.4) is 0 Å². The van der Waals surface area contributed by atoms with Crippen molar-refractivity contribution in [1.29, 1.82) is 0 Å². The molecule has 0 aliphatic carbocycles. The number of rotatable bonds is 2. The van der Waals surface area contributed by atoms with Crippen LogP contribution in [0.4, 0.5) is 8.78 Å². The van der Waals surface area contributed by atoms with Crippen LogP contribution in [0, 0.1) is 6.92 Å². The molecule has 1 unspecified atom stereocenters. The van der Waals surface area contributed by atoms with Crippen molar-refractivity contribution < 1.29 is 18.3 Å². The van der Waals surface area contributed by atoms with E-state index in [0.29, 0.717) is 11.0 Å². The van der Waals surface area contributed by atoms with E-state index in [0.717, 1.165) is 5.56 Å². The zero-order chi connectivity index (χ0) is 11.9. The van der Waals surface area contributed by atoms with Crippen LogP contribution < -0.4 is 0 Å². The minimum Gasteiger partial charge on any atom is -0.458 e. The van der Waals surface area contributed by atoms with Gasteiger partial charge in [-0.25, -0.2) is 0 Å². The molecule has 1 N–H and O–H groups in total. The molecule has 0 spiro atoms. The lowest BCUT2D eigenvalue weighted by Crippen LogP contribution is -2.18. The molecular weight excluding hydrogens is 238 g/mol. The van der Waals surface area contributed by atoms with Gasteiger partial charge in [-0.2, -0.15) is 8.78 Å². The molecule has 2 nitrogen and oxygen atoms in total. The highest BCUT2D eigenvalue weighted by molar-refractivity contribution is 6.22. The molecule has 2 aromatic rings. The molecule has 1 atom stereocenters. The minimum atomic E-state index is -3.73. The molecule has 0 fully saturated rings. The predicted molar refractivity (Wildman–Crippen MR) is 56.7 cm³/mol. The number of benzene rings is 1. The van der Waals surface area contributed by atoms with Crippen molar-refractivity contribution in [1.82, 2.24) is 0 Å². The molecular formula is C11H9ClF2O2. The maximum Gasteiger partial charge on any atom is 0.354 e. The molecule has 0 bridgehead atoms. The third-order valence-electron chi connectivity index (χ3n) is 2.27. The van der Waals surface area contributed by atoms with E-state index >= 15 is 0 Å². The first-order valence-electron chi connectivity index (χ1n) is 4.63. The summed E-state index contributed by atoms with van der Waals surface area (Å²) in [7, 11) is 0. The lowest BCUT2D eigenvalue weighted by molar-refractivity contribution is -0.0520. The van der Waals surface area contributed by atoms with E-state index in [9.17, 15) is 13.9 Å². The maximum absolute atomic E-state index is 12.7. The molecule has 0 aliphatic rings. The van der Waals surface area contributed by atoms with Gasteiger partial charge in [0, 0.05) is 5.39 Å². The molecule has 16 heavy (non-hydrogen) atoms. The molecule has 1 aromatic carbocycles. The topological polar surface area (TPSA) is 33.4 Å². The Labute approximate surface area is 95.4 Å². The largest absolute Gasteiger partial charge is 0.458 e. The number of fused-ring (bicyclic) bond motifs is 1. The molecule has 2 rings (SSSR count). The quantitative estimate of drug-likeness (QED) is 0.822. The number of hydrogen-bond donors (Lipinski definition) is 1. The van der Waals surface area contributed by atoms with Crippen LogP contribution in [0.1, 0.15) is 17.4 Å². The summed E-state index contributed by atoms with van der Waals surface area (Å²) in [6.45, 7) is 1.87. The van der Waals surface area contributed by atoms with Crippen molar-refractivity contribution in [2.45, 2.75) is 18.4 Å². The van der Waals surface area contributed by atoms with Gasteiger partial charge in [0.1, 0.15) is 11.3 Å². The summed E-state index contributed by atoms with van der Waals surface area (Å²) in [5.74, 6) is -0.236. The van der Waals surface area contributed by atoms with Gasteiger partial charge < -0.3 is 9.52 Å². The van der Waals surface area contributed by atoms with Crippen molar-refractivity contribution >= 4 is 22.6 Å². The second kappa shape index (κ2) is 3.71. The van der Waals surface area contributed by atoms with E-state index in [2.05, 4.69) is 0 Å². The molecule has 1 heterocycles. The highest BCUT2D eigenvalue weighted by atomic mass is 35.5. The van der Waals surface area contributed by atoms with E-state index in [-0.39, 0.29) is 5.76 Å². The first-order valence-corrected chi connectivity index (χ1v) is 5.00. The Hall–Kier alpha value is -1.13. The van der Waals surface area contributed by atoms with Crippen LogP contribution in [0.25, 0.3) is 11.0 Å². The Balaban J connectivity index is 2.47. The lowest BCUT2D eigenvalue weighted by Gasteiger charge is -2.12. The Morgan fingerprint density at radius 2 is 2.06 bits per heavy atom. The second-order valence-corrected chi connectivity index (χ2v) is 4.14. The van der Waals surface area contributed by atoms with Crippen molar-refractivity contribution in [2.24, 2.45) is 0 Å². The van der Waals surface area contributed by atoms with Crippen LogP contribution in [-0.4, -0.2) is 10.5 Å². The summed E-state index contributed by atoms with van der Waals surface area (Å²) in [5.41, 5.74) is 1.42. The van der Waals surface area contributed by atoms with Crippen LogP contribution in [-0.2, 0) is 0 Å². The van der Waals surface area contributed by atoms with Crippen LogP contribution in [0.15, 0.2) is 28.7 Å². The van der Waals surface area contributed by atoms with Crippen molar-refractivity contribution in [3.8, 4) is 0 Å². The molecule has 0 saturated heterocycles. The van der Waals surface area contributed by atoms with Crippen LogP contribution >= 0.6 is 11.6 Å². The third-order valence-corrected chi connectivity index (χ3v) is 2.48. The van der Waals surface area contributed by atoms with Crippen molar-refractivity contribution in [2.75, 3.05) is 0 Å². The average molecular weight is 247 g/mol. The fraction of sp³-hybridized carbons (Fsp3) is 0.273. The Kier molecular flexibility index (Phi) is 2.64. The van der Waals surface area contributed by atoms with Gasteiger partial charge in [0.25, 0.3) is 0 Å². The fourth-order valence-electron chi connectivity index (χ4n) is 1.48. The monoisotopic (exact) mass is 246 g/mol. The number of aliphatic hydroxyl groups is 1. The number of halogens is 3. The summed E-state index contributed by atoms with van der Waals surface area (Å²) in [6.07, 6.45) is -2.14. The summed E-state index contributed by atoms with van der Waals surface area (Å²) in [5, 5.41) is 6.18. The van der Waals surface area contributed by atoms with Gasteiger partial charge >= 0.3 is 5.38 Å². The number of aryl methyl sites for hydroxylation is 1. The maximum atomic E-state index is 12.7. The molecule has 86 valence electrons. The van der Waals surface area contributed by atoms with Gasteiger partial charge in [-0.3, -0.25) is 0 Å². The van der Waals surface area contributed by atoms with E-state index < -0.39 is 11.5 Å². The van der Waals surface area contributed by atoms with Gasteiger partial charge in [0.2, 0.25) is 0 Å². The smallest absolute Gasteiger partial charge is 0.354 e. The minimum absolute atomic E-state index is 0.236. The fourth-order valence-corrected chi connectivity index (χ4v) is 1.59. The van der Waals surface area contributed by atoms with E-state index in [4.69, 9.17) is 16.0 Å². The second-order valence-electron chi connectivity index (χ2n) is 3.63. The third kappa shape index (κ3) is 2.03. The van der Waals surface area contributed by atoms with Crippen molar-refractivity contribution in [3.05, 3.63) is 35.6 Å². The zero-order valence-electron chi connectivity index (χ0n) is 8.38. The molecule has 0 aliphatic heterocycles. The van der Waals surface area contributed by atoms with E-state index in [1.54, 1.807) is 18.2 Å². The number of alkyl halides is 3. The van der Waals surface area contributed by atoms with Gasteiger partial charge in [0.05, 0.1) is 0 Å². The van der Waals surface area contributed by atoms with Crippen LogP contribution in [0.5, 0.6) is 0 Å². The Morgan fingerprint density at radius 3 is 2.69 bits per heavy atom. The molecule has 0 saturated carbocycles. The summed E-state index contributed by atoms with van der Waals surface area (Å²) in [4.78, 5) is 0. The lowest BCUT2D eigenvalue weighted by atomic mass is 10.2. The predicted octanol–water partition coefficient (Wildman–Crippen LogP) is 3.61. The van der Waals surface area contributed by atoms with Gasteiger partial charge in [0.15, 0.2) is 6.10 Å². The Bertz CT molecular complexity index is 516. The zero-order valence-corrected chi connectivity index (χ0v) is 9.13. The average Bonchev–Trinajstić information content (AvgIpc) is 2.57. The first-order chi connectivity index (χ1) is 7.38. The normalized spacial score (nSPS) is 14.3. The van der Waals surface area contributed by atoms with Crippen molar-refractivity contribution in [3.63, 3.8) is 0 Å². The number of aliphatic hydroxyl groups excluding tert-OH is 1. The summed E-state index contributed by atoms with van der Waals surface area (Å²) in [6, 6.07) is 6.60. The Morgan fingerprint density at radius 1 is 1.38 bits per heavy atom.